The molecule has 1 aliphatic rings. The van der Waals surface area contributed by atoms with Gasteiger partial charge in [-0.05, 0) is 26.7 Å². The van der Waals surface area contributed by atoms with Crippen molar-refractivity contribution in [2.24, 2.45) is 0 Å². The number of aromatic nitrogens is 3. The molecule has 0 spiro atoms. The van der Waals surface area contributed by atoms with Crippen LogP contribution >= 0.6 is 0 Å². The van der Waals surface area contributed by atoms with Crippen molar-refractivity contribution in [1.29, 1.82) is 0 Å². The summed E-state index contributed by atoms with van der Waals surface area (Å²) in [5.41, 5.74) is 1.79. The van der Waals surface area contributed by atoms with E-state index in [0.29, 0.717) is 17.8 Å². The maximum absolute atomic E-state index is 12.0. The highest BCUT2D eigenvalue weighted by atomic mass is 16.5. The predicted octanol–water partition coefficient (Wildman–Crippen LogP) is 1.08. The Hall–Kier alpha value is -2.15. The van der Waals surface area contributed by atoms with E-state index < -0.39 is 0 Å². The summed E-state index contributed by atoms with van der Waals surface area (Å²) in [7, 11) is 0. The number of hydrogen-bond acceptors (Lipinski definition) is 4. The van der Waals surface area contributed by atoms with Crippen LogP contribution < -0.4 is 10.9 Å². The van der Waals surface area contributed by atoms with Crippen molar-refractivity contribution in [1.82, 2.24) is 19.9 Å². The second-order valence-corrected chi connectivity index (χ2v) is 5.78. The minimum Gasteiger partial charge on any atom is -0.378 e. The fourth-order valence-corrected chi connectivity index (χ4v) is 2.74. The van der Waals surface area contributed by atoms with E-state index in [9.17, 15) is 9.59 Å². The van der Waals surface area contributed by atoms with Gasteiger partial charge in [-0.25, -0.2) is 9.50 Å². The van der Waals surface area contributed by atoms with Crippen LogP contribution in [0.5, 0.6) is 0 Å². The molecular weight excluding hydrogens is 284 g/mol. The van der Waals surface area contributed by atoms with E-state index in [4.69, 9.17) is 4.74 Å². The number of aryl methyl sites for hydroxylation is 1. The van der Waals surface area contributed by atoms with Gasteiger partial charge in [0.2, 0.25) is 5.91 Å². The third kappa shape index (κ3) is 3.04. The van der Waals surface area contributed by atoms with Gasteiger partial charge >= 0.3 is 0 Å². The maximum atomic E-state index is 12.0. The lowest BCUT2D eigenvalue weighted by molar-refractivity contribution is -0.123. The van der Waals surface area contributed by atoms with Gasteiger partial charge in [0.05, 0.1) is 24.3 Å². The first-order chi connectivity index (χ1) is 10.5. The van der Waals surface area contributed by atoms with Gasteiger partial charge in [0.25, 0.3) is 5.56 Å². The molecule has 1 fully saturated rings. The largest absolute Gasteiger partial charge is 0.378 e. The molecule has 2 atom stereocenters. The first-order valence-electron chi connectivity index (χ1n) is 7.53. The Morgan fingerprint density at radius 3 is 3.14 bits per heavy atom. The number of carbonyl (C=O) groups is 1. The smallest absolute Gasteiger partial charge is 0.272 e. The van der Waals surface area contributed by atoms with Crippen LogP contribution in [0.25, 0.3) is 5.65 Å². The van der Waals surface area contributed by atoms with Crippen molar-refractivity contribution in [3.05, 3.63) is 33.9 Å². The molecule has 3 heterocycles. The average molecular weight is 304 g/mol. The maximum Gasteiger partial charge on any atom is 0.272 e. The molecule has 1 amide bonds. The highest BCUT2D eigenvalue weighted by Gasteiger charge is 2.21. The van der Waals surface area contributed by atoms with Gasteiger partial charge in [-0.15, -0.1) is 0 Å². The molecule has 0 aliphatic carbocycles. The van der Waals surface area contributed by atoms with E-state index in [0.717, 1.165) is 25.1 Å². The Morgan fingerprint density at radius 2 is 2.41 bits per heavy atom. The minimum absolute atomic E-state index is 0.0144. The topological polar surface area (TPSA) is 88.5 Å². The van der Waals surface area contributed by atoms with Crippen LogP contribution in [-0.4, -0.2) is 33.2 Å². The quantitative estimate of drug-likeness (QED) is 0.884. The molecule has 0 unspecified atom stereocenters. The van der Waals surface area contributed by atoms with Gasteiger partial charge in [-0.3, -0.25) is 14.7 Å². The summed E-state index contributed by atoms with van der Waals surface area (Å²) in [5.74, 6) is -0.0772. The van der Waals surface area contributed by atoms with Crippen LogP contribution in [0.4, 0.5) is 0 Å². The monoisotopic (exact) mass is 304 g/mol. The Labute approximate surface area is 127 Å². The molecule has 2 aromatic heterocycles. The van der Waals surface area contributed by atoms with Crippen molar-refractivity contribution in [3.8, 4) is 0 Å². The van der Waals surface area contributed by atoms with Gasteiger partial charge in [0.1, 0.15) is 0 Å². The highest BCUT2D eigenvalue weighted by Crippen LogP contribution is 2.16. The molecular formula is C15H20N4O3. The molecule has 1 saturated heterocycles. The molecule has 0 aromatic carbocycles. The van der Waals surface area contributed by atoms with E-state index in [2.05, 4.69) is 15.4 Å². The highest BCUT2D eigenvalue weighted by molar-refractivity contribution is 5.76. The van der Waals surface area contributed by atoms with Crippen molar-refractivity contribution in [2.75, 3.05) is 6.61 Å². The van der Waals surface area contributed by atoms with E-state index in [1.807, 2.05) is 13.8 Å². The molecule has 2 N–H and O–H groups in total. The molecule has 2 aromatic rings. The summed E-state index contributed by atoms with van der Waals surface area (Å²) in [4.78, 5) is 28.5. The number of hydrogen-bond donors (Lipinski definition) is 2. The summed E-state index contributed by atoms with van der Waals surface area (Å²) < 4.78 is 6.85. The summed E-state index contributed by atoms with van der Waals surface area (Å²) in [5, 5.41) is 5.80. The van der Waals surface area contributed by atoms with Crippen LogP contribution in [0.15, 0.2) is 16.9 Å². The molecule has 3 rings (SSSR count). The SMILES string of the molecule is Cc1cc2nc([C@@H](C)NC(=O)C[C@@H]3CCCO3)cc(=O)n2[nH]1. The number of fused-ring (bicyclic) bond motifs is 1. The zero-order valence-corrected chi connectivity index (χ0v) is 12.8. The summed E-state index contributed by atoms with van der Waals surface area (Å²) in [6.45, 7) is 4.42. The van der Waals surface area contributed by atoms with Crippen LogP contribution in [0.2, 0.25) is 0 Å². The fourth-order valence-electron chi connectivity index (χ4n) is 2.74. The van der Waals surface area contributed by atoms with Crippen LogP contribution in [-0.2, 0) is 9.53 Å². The van der Waals surface area contributed by atoms with Crippen molar-refractivity contribution >= 4 is 11.6 Å². The first-order valence-corrected chi connectivity index (χ1v) is 7.53. The number of carbonyl (C=O) groups excluding carboxylic acids is 1. The number of ether oxygens (including phenoxy) is 1. The summed E-state index contributed by atoms with van der Waals surface area (Å²) in [6.07, 6.45) is 2.31. The predicted molar refractivity (Wildman–Crippen MR) is 80.7 cm³/mol. The lowest BCUT2D eigenvalue weighted by Crippen LogP contribution is -2.31. The van der Waals surface area contributed by atoms with Crippen molar-refractivity contribution < 1.29 is 9.53 Å². The fraction of sp³-hybridized carbons (Fsp3) is 0.533. The summed E-state index contributed by atoms with van der Waals surface area (Å²) >= 11 is 0. The summed E-state index contributed by atoms with van der Waals surface area (Å²) in [6, 6.07) is 2.92. The molecule has 0 radical (unpaired) electrons. The minimum atomic E-state index is -0.318. The van der Waals surface area contributed by atoms with Gasteiger partial charge in [0.15, 0.2) is 5.65 Å². The van der Waals surface area contributed by atoms with Crippen LogP contribution in [0, 0.1) is 6.92 Å². The zero-order valence-electron chi connectivity index (χ0n) is 12.8. The number of rotatable bonds is 4. The van der Waals surface area contributed by atoms with Gasteiger partial charge in [-0.2, -0.15) is 0 Å². The Balaban J connectivity index is 1.72. The van der Waals surface area contributed by atoms with E-state index >= 15 is 0 Å². The lowest BCUT2D eigenvalue weighted by atomic mass is 10.1. The number of H-pyrrole nitrogens is 1. The molecule has 7 nitrogen and oxygen atoms in total. The second-order valence-electron chi connectivity index (χ2n) is 5.78. The molecule has 22 heavy (non-hydrogen) atoms. The average Bonchev–Trinajstić information content (AvgIpc) is 3.07. The van der Waals surface area contributed by atoms with Crippen LogP contribution in [0.3, 0.4) is 0 Å². The third-order valence-electron chi connectivity index (χ3n) is 3.86. The van der Waals surface area contributed by atoms with Crippen LogP contribution in [0.1, 0.15) is 43.6 Å². The number of amides is 1. The Bertz CT molecular complexity index is 743. The Morgan fingerprint density at radius 1 is 1.59 bits per heavy atom. The molecule has 0 saturated carbocycles. The normalized spacial score (nSPS) is 19.5. The number of nitrogens with one attached hydrogen (secondary N) is 2. The van der Waals surface area contributed by atoms with E-state index in [-0.39, 0.29) is 23.6 Å². The standard InChI is InChI=1S/C15H20N4O3/c1-9-6-13-17-12(8-15(21)19(13)18-9)10(2)16-14(20)7-11-4-3-5-22-11/h6,8,10-11,18H,3-5,7H2,1-2H3,(H,16,20)/t10-,11+/m1/s1. The van der Waals surface area contributed by atoms with Crippen molar-refractivity contribution in [2.45, 2.75) is 45.3 Å². The molecule has 7 heteroatoms. The molecule has 118 valence electrons. The van der Waals surface area contributed by atoms with Crippen molar-refractivity contribution in [3.63, 3.8) is 0 Å². The second kappa shape index (κ2) is 5.92. The number of aromatic amines is 1. The third-order valence-corrected chi connectivity index (χ3v) is 3.86. The van der Waals surface area contributed by atoms with E-state index in [1.54, 1.807) is 6.07 Å². The first kappa shape index (κ1) is 14.8. The molecule has 0 bridgehead atoms. The van der Waals surface area contributed by atoms with Gasteiger partial charge in [0, 0.05) is 24.4 Å². The zero-order chi connectivity index (χ0) is 15.7. The lowest BCUT2D eigenvalue weighted by Gasteiger charge is -2.15. The number of nitrogens with zero attached hydrogens (tertiary/aromatic N) is 2. The van der Waals surface area contributed by atoms with Gasteiger partial charge < -0.3 is 10.1 Å². The molecule has 1 aliphatic heterocycles. The Kier molecular flexibility index (Phi) is 3.98. The van der Waals surface area contributed by atoms with E-state index in [1.165, 1.54) is 10.6 Å². The van der Waals surface area contributed by atoms with Gasteiger partial charge in [-0.1, -0.05) is 0 Å².